The molecule has 0 aromatic heterocycles. The van der Waals surface area contributed by atoms with Crippen LogP contribution in [0.3, 0.4) is 0 Å². The van der Waals surface area contributed by atoms with Gasteiger partial charge >= 0.3 is 0 Å². The van der Waals surface area contributed by atoms with Gasteiger partial charge in [-0.05, 0) is 23.1 Å². The van der Waals surface area contributed by atoms with Crippen LogP contribution in [0.4, 0.5) is 13.2 Å². The number of hydrogen-bond donors (Lipinski definition) is 0. The molecule has 0 N–H and O–H groups in total. The van der Waals surface area contributed by atoms with Gasteiger partial charge in [0.05, 0.1) is 4.83 Å². The molecule has 106 valence electrons. The zero-order valence-corrected chi connectivity index (χ0v) is 12.7. The average molecular weight is 343 g/mol. The average Bonchev–Trinajstić information content (AvgIpc) is 2.42. The van der Waals surface area contributed by atoms with E-state index in [9.17, 15) is 13.2 Å². The van der Waals surface area contributed by atoms with Gasteiger partial charge in [0.2, 0.25) is 0 Å². The SMILES string of the molecule is CC(C)c1ccc(C(Br)c2cc(F)c(F)cc2F)cc1. The molecule has 1 unspecified atom stereocenters. The van der Waals surface area contributed by atoms with Gasteiger partial charge in [-0.2, -0.15) is 0 Å². The van der Waals surface area contributed by atoms with E-state index in [2.05, 4.69) is 29.8 Å². The standard InChI is InChI=1S/C16H14BrF3/c1-9(2)10-3-5-11(6-4-10)16(17)12-7-14(19)15(20)8-13(12)18/h3-9,16H,1-2H3. The molecule has 0 bridgehead atoms. The van der Waals surface area contributed by atoms with E-state index in [-0.39, 0.29) is 5.56 Å². The van der Waals surface area contributed by atoms with Gasteiger partial charge < -0.3 is 0 Å². The fourth-order valence-corrected chi connectivity index (χ4v) is 2.62. The maximum Gasteiger partial charge on any atom is 0.161 e. The molecule has 0 saturated heterocycles. The Balaban J connectivity index is 2.36. The Morgan fingerprint density at radius 2 is 1.30 bits per heavy atom. The van der Waals surface area contributed by atoms with Crippen molar-refractivity contribution in [2.45, 2.75) is 24.6 Å². The lowest BCUT2D eigenvalue weighted by Gasteiger charge is -2.14. The molecule has 0 heterocycles. The van der Waals surface area contributed by atoms with Crippen LogP contribution in [0.1, 0.15) is 41.3 Å². The molecule has 0 spiro atoms. The lowest BCUT2D eigenvalue weighted by molar-refractivity contribution is 0.491. The molecule has 0 fully saturated rings. The van der Waals surface area contributed by atoms with Crippen LogP contribution in [0.2, 0.25) is 0 Å². The summed E-state index contributed by atoms with van der Waals surface area (Å²) in [5, 5.41) is 0. The fraction of sp³-hybridized carbons (Fsp3) is 0.250. The van der Waals surface area contributed by atoms with E-state index >= 15 is 0 Å². The highest BCUT2D eigenvalue weighted by Gasteiger charge is 2.18. The zero-order valence-electron chi connectivity index (χ0n) is 11.1. The summed E-state index contributed by atoms with van der Waals surface area (Å²) in [5.74, 6) is -2.60. The number of hydrogen-bond acceptors (Lipinski definition) is 0. The lowest BCUT2D eigenvalue weighted by atomic mass is 9.98. The first-order valence-electron chi connectivity index (χ1n) is 6.28. The molecule has 0 radical (unpaired) electrons. The molecule has 1 atom stereocenters. The Morgan fingerprint density at radius 1 is 0.800 bits per heavy atom. The summed E-state index contributed by atoms with van der Waals surface area (Å²) in [6.07, 6.45) is 0. The molecule has 0 aliphatic carbocycles. The van der Waals surface area contributed by atoms with Crippen LogP contribution in [0.5, 0.6) is 0 Å². The molecule has 2 aromatic carbocycles. The number of benzene rings is 2. The Labute approximate surface area is 124 Å². The highest BCUT2D eigenvalue weighted by atomic mass is 79.9. The lowest BCUT2D eigenvalue weighted by Crippen LogP contribution is -2.00. The van der Waals surface area contributed by atoms with Gasteiger partial charge in [0.15, 0.2) is 11.6 Å². The van der Waals surface area contributed by atoms with Crippen LogP contribution in [0, 0.1) is 17.5 Å². The summed E-state index contributed by atoms with van der Waals surface area (Å²) in [4.78, 5) is -0.515. The molecule has 20 heavy (non-hydrogen) atoms. The predicted molar refractivity (Wildman–Crippen MR) is 77.6 cm³/mol. The second-order valence-corrected chi connectivity index (χ2v) is 5.89. The summed E-state index contributed by atoms with van der Waals surface area (Å²) in [5.41, 5.74) is 2.04. The minimum Gasteiger partial charge on any atom is -0.207 e. The summed E-state index contributed by atoms with van der Waals surface area (Å²) < 4.78 is 39.9. The molecular formula is C16H14BrF3. The molecule has 0 aliphatic rings. The van der Waals surface area contributed by atoms with E-state index in [0.29, 0.717) is 12.0 Å². The minimum atomic E-state index is -1.18. The number of halogens is 4. The van der Waals surface area contributed by atoms with Gasteiger partial charge in [-0.1, -0.05) is 54.0 Å². The van der Waals surface area contributed by atoms with Crippen molar-refractivity contribution in [1.82, 2.24) is 0 Å². The Hall–Kier alpha value is -1.29. The van der Waals surface area contributed by atoms with Gasteiger partial charge in [0.1, 0.15) is 5.82 Å². The van der Waals surface area contributed by atoms with Crippen molar-refractivity contribution < 1.29 is 13.2 Å². The summed E-state index contributed by atoms with van der Waals surface area (Å²) in [7, 11) is 0. The molecule has 0 aliphatic heterocycles. The van der Waals surface area contributed by atoms with E-state index in [0.717, 1.165) is 11.6 Å². The zero-order chi connectivity index (χ0) is 14.9. The largest absolute Gasteiger partial charge is 0.207 e. The number of alkyl halides is 1. The van der Waals surface area contributed by atoms with E-state index in [1.807, 2.05) is 24.3 Å². The van der Waals surface area contributed by atoms with E-state index in [4.69, 9.17) is 0 Å². The third-order valence-electron chi connectivity index (χ3n) is 3.21. The Kier molecular flexibility index (Phi) is 4.53. The molecule has 0 saturated carbocycles. The molecule has 2 rings (SSSR count). The molecular weight excluding hydrogens is 329 g/mol. The van der Waals surface area contributed by atoms with Gasteiger partial charge in [-0.25, -0.2) is 13.2 Å². The highest BCUT2D eigenvalue weighted by Crippen LogP contribution is 2.34. The maximum absolute atomic E-state index is 13.7. The third kappa shape index (κ3) is 3.06. The highest BCUT2D eigenvalue weighted by molar-refractivity contribution is 9.09. The van der Waals surface area contributed by atoms with Crippen molar-refractivity contribution in [2.75, 3.05) is 0 Å². The van der Waals surface area contributed by atoms with Crippen molar-refractivity contribution in [3.05, 3.63) is 70.5 Å². The summed E-state index contributed by atoms with van der Waals surface area (Å²) in [6.45, 7) is 4.16. The molecule has 0 nitrogen and oxygen atoms in total. The van der Waals surface area contributed by atoms with Crippen molar-refractivity contribution in [2.24, 2.45) is 0 Å². The van der Waals surface area contributed by atoms with Crippen LogP contribution in [-0.2, 0) is 0 Å². The van der Waals surface area contributed by atoms with Crippen LogP contribution >= 0.6 is 15.9 Å². The van der Waals surface area contributed by atoms with Crippen LogP contribution < -0.4 is 0 Å². The van der Waals surface area contributed by atoms with E-state index in [1.165, 1.54) is 5.56 Å². The number of rotatable bonds is 3. The second kappa shape index (κ2) is 6.00. The van der Waals surface area contributed by atoms with Gasteiger partial charge in [0.25, 0.3) is 0 Å². The summed E-state index contributed by atoms with van der Waals surface area (Å²) in [6, 6.07) is 9.07. The normalized spacial score (nSPS) is 12.8. The third-order valence-corrected chi connectivity index (χ3v) is 4.23. The smallest absolute Gasteiger partial charge is 0.161 e. The van der Waals surface area contributed by atoms with Gasteiger partial charge in [-0.15, -0.1) is 0 Å². The quantitative estimate of drug-likeness (QED) is 0.495. The molecule has 4 heteroatoms. The van der Waals surface area contributed by atoms with Crippen molar-refractivity contribution in [1.29, 1.82) is 0 Å². The summed E-state index contributed by atoms with van der Waals surface area (Å²) >= 11 is 3.34. The van der Waals surface area contributed by atoms with E-state index in [1.54, 1.807) is 0 Å². The second-order valence-electron chi connectivity index (χ2n) is 4.97. The first-order valence-corrected chi connectivity index (χ1v) is 7.20. The first-order chi connectivity index (χ1) is 9.40. The maximum atomic E-state index is 13.7. The van der Waals surface area contributed by atoms with Crippen LogP contribution in [0.15, 0.2) is 36.4 Å². The Morgan fingerprint density at radius 3 is 1.85 bits per heavy atom. The molecule has 0 amide bonds. The van der Waals surface area contributed by atoms with Crippen molar-refractivity contribution in [3.8, 4) is 0 Å². The van der Waals surface area contributed by atoms with Crippen LogP contribution in [-0.4, -0.2) is 0 Å². The first kappa shape index (κ1) is 15.1. The predicted octanol–water partition coefficient (Wildman–Crippen LogP) is 5.71. The van der Waals surface area contributed by atoms with Crippen molar-refractivity contribution >= 4 is 15.9 Å². The topological polar surface area (TPSA) is 0 Å². The van der Waals surface area contributed by atoms with Crippen LogP contribution in [0.25, 0.3) is 0 Å². The van der Waals surface area contributed by atoms with Crippen molar-refractivity contribution in [3.63, 3.8) is 0 Å². The minimum absolute atomic E-state index is 0.0844. The Bertz CT molecular complexity index is 606. The fourth-order valence-electron chi connectivity index (χ4n) is 1.96. The van der Waals surface area contributed by atoms with Gasteiger partial charge in [-0.3, -0.25) is 0 Å². The van der Waals surface area contributed by atoms with E-state index < -0.39 is 22.3 Å². The molecule has 2 aromatic rings. The monoisotopic (exact) mass is 342 g/mol. The van der Waals surface area contributed by atoms with Gasteiger partial charge in [0, 0.05) is 11.6 Å².